The van der Waals surface area contributed by atoms with Gasteiger partial charge >= 0.3 is 0 Å². The summed E-state index contributed by atoms with van der Waals surface area (Å²) in [6, 6.07) is 20.0. The second-order valence-electron chi connectivity index (χ2n) is 5.62. The van der Waals surface area contributed by atoms with Gasteiger partial charge in [-0.25, -0.2) is 0 Å². The number of ether oxygens (including phenoxy) is 1. The molecule has 0 atom stereocenters. The van der Waals surface area contributed by atoms with Crippen LogP contribution in [0.25, 0.3) is 28.2 Å². The van der Waals surface area contributed by atoms with Gasteiger partial charge in [0.1, 0.15) is 5.75 Å². The van der Waals surface area contributed by atoms with E-state index in [0.717, 1.165) is 34.0 Å². The summed E-state index contributed by atoms with van der Waals surface area (Å²) < 4.78 is 7.65. The van der Waals surface area contributed by atoms with Gasteiger partial charge in [0.2, 0.25) is 0 Å². The van der Waals surface area contributed by atoms with Crippen LogP contribution in [-0.4, -0.2) is 21.6 Å². The molecule has 0 saturated heterocycles. The van der Waals surface area contributed by atoms with E-state index < -0.39 is 0 Å². The number of methoxy groups -OCH3 is 1. The molecule has 4 nitrogen and oxygen atoms in total. The molecule has 0 aliphatic carbocycles. The van der Waals surface area contributed by atoms with Crippen molar-refractivity contribution in [3.8, 4) is 34.0 Å². The third kappa shape index (κ3) is 3.02. The standard InChI is InChI=1S/C21H17N3O/c1-25-21-14-17(8-9-18(21)20-7-3-5-12-23-20)24-13-10-16(15-24)19-6-2-4-11-22-19/h2-15H,1H3. The first-order valence-electron chi connectivity index (χ1n) is 8.04. The second-order valence-corrected chi connectivity index (χ2v) is 5.62. The molecule has 0 bridgehead atoms. The van der Waals surface area contributed by atoms with E-state index in [0.29, 0.717) is 0 Å². The van der Waals surface area contributed by atoms with Crippen molar-refractivity contribution in [2.75, 3.05) is 7.11 Å². The van der Waals surface area contributed by atoms with Crippen molar-refractivity contribution in [1.29, 1.82) is 0 Å². The van der Waals surface area contributed by atoms with Crippen molar-refractivity contribution in [2.45, 2.75) is 0 Å². The predicted molar refractivity (Wildman–Crippen MR) is 98.8 cm³/mol. The average molecular weight is 327 g/mol. The maximum Gasteiger partial charge on any atom is 0.130 e. The van der Waals surface area contributed by atoms with Crippen molar-refractivity contribution >= 4 is 0 Å². The maximum atomic E-state index is 5.59. The first-order chi connectivity index (χ1) is 12.3. The number of hydrogen-bond donors (Lipinski definition) is 0. The highest BCUT2D eigenvalue weighted by molar-refractivity contribution is 5.69. The monoisotopic (exact) mass is 327 g/mol. The SMILES string of the molecule is COc1cc(-n2ccc(-c3ccccn3)c2)ccc1-c1ccccn1. The van der Waals surface area contributed by atoms with Gasteiger partial charge in [-0.3, -0.25) is 9.97 Å². The Morgan fingerprint density at radius 2 is 1.60 bits per heavy atom. The summed E-state index contributed by atoms with van der Waals surface area (Å²) in [5.41, 5.74) is 4.93. The van der Waals surface area contributed by atoms with Crippen molar-refractivity contribution in [3.05, 3.63) is 85.5 Å². The molecular formula is C21H17N3O. The molecule has 25 heavy (non-hydrogen) atoms. The van der Waals surface area contributed by atoms with Crippen molar-refractivity contribution in [3.63, 3.8) is 0 Å². The zero-order valence-corrected chi connectivity index (χ0v) is 13.8. The molecule has 4 rings (SSSR count). The molecule has 0 aliphatic heterocycles. The first-order valence-corrected chi connectivity index (χ1v) is 8.04. The Kier molecular flexibility index (Phi) is 4.01. The largest absolute Gasteiger partial charge is 0.496 e. The molecule has 3 aromatic heterocycles. The fourth-order valence-electron chi connectivity index (χ4n) is 2.82. The Hall–Kier alpha value is -3.40. The van der Waals surface area contributed by atoms with Gasteiger partial charge in [-0.1, -0.05) is 12.1 Å². The van der Waals surface area contributed by atoms with Crippen LogP contribution in [0.4, 0.5) is 0 Å². The predicted octanol–water partition coefficient (Wildman–Crippen LogP) is 4.61. The van der Waals surface area contributed by atoms with E-state index in [9.17, 15) is 0 Å². The lowest BCUT2D eigenvalue weighted by Crippen LogP contribution is -1.94. The molecule has 4 aromatic rings. The Labute approximate surface area is 146 Å². The summed E-state index contributed by atoms with van der Waals surface area (Å²) in [6.45, 7) is 0. The summed E-state index contributed by atoms with van der Waals surface area (Å²) in [6.07, 6.45) is 7.68. The second kappa shape index (κ2) is 6.61. The third-order valence-electron chi connectivity index (χ3n) is 4.08. The maximum absolute atomic E-state index is 5.59. The Morgan fingerprint density at radius 1 is 0.840 bits per heavy atom. The summed E-state index contributed by atoms with van der Waals surface area (Å²) in [7, 11) is 1.68. The van der Waals surface area contributed by atoms with E-state index in [4.69, 9.17) is 4.74 Å². The lowest BCUT2D eigenvalue weighted by molar-refractivity contribution is 0.416. The van der Waals surface area contributed by atoms with Gasteiger partial charge in [-0.05, 0) is 42.5 Å². The minimum atomic E-state index is 0.796. The zero-order valence-electron chi connectivity index (χ0n) is 13.8. The Bertz CT molecular complexity index is 978. The number of nitrogens with zero attached hydrogens (tertiary/aromatic N) is 3. The van der Waals surface area contributed by atoms with E-state index in [1.807, 2.05) is 54.7 Å². The normalized spacial score (nSPS) is 10.6. The van der Waals surface area contributed by atoms with Crippen LogP contribution in [0, 0.1) is 0 Å². The van der Waals surface area contributed by atoms with Crippen molar-refractivity contribution in [1.82, 2.24) is 14.5 Å². The highest BCUT2D eigenvalue weighted by atomic mass is 16.5. The number of aromatic nitrogens is 3. The van der Waals surface area contributed by atoms with Crippen LogP contribution in [0.15, 0.2) is 85.5 Å². The van der Waals surface area contributed by atoms with E-state index in [1.165, 1.54) is 0 Å². The van der Waals surface area contributed by atoms with Crippen molar-refractivity contribution < 1.29 is 4.74 Å². The van der Waals surface area contributed by atoms with Crippen molar-refractivity contribution in [2.24, 2.45) is 0 Å². The Morgan fingerprint density at radius 3 is 2.28 bits per heavy atom. The molecule has 0 radical (unpaired) electrons. The minimum Gasteiger partial charge on any atom is -0.496 e. The lowest BCUT2D eigenvalue weighted by atomic mass is 10.1. The van der Waals surface area contributed by atoms with E-state index >= 15 is 0 Å². The number of hydrogen-bond acceptors (Lipinski definition) is 3. The van der Waals surface area contributed by atoms with Gasteiger partial charge in [0.25, 0.3) is 0 Å². The van der Waals surface area contributed by atoms with E-state index in [2.05, 4.69) is 32.9 Å². The average Bonchev–Trinajstić information content (AvgIpc) is 3.19. The Balaban J connectivity index is 1.71. The molecule has 1 aromatic carbocycles. The third-order valence-corrected chi connectivity index (χ3v) is 4.08. The summed E-state index contributed by atoms with van der Waals surface area (Å²) >= 11 is 0. The summed E-state index contributed by atoms with van der Waals surface area (Å²) in [5.74, 6) is 0.796. The molecule has 3 heterocycles. The lowest BCUT2D eigenvalue weighted by Gasteiger charge is -2.11. The zero-order chi connectivity index (χ0) is 17.1. The molecule has 0 saturated carbocycles. The topological polar surface area (TPSA) is 39.9 Å². The van der Waals surface area contributed by atoms with Crippen LogP contribution in [0.1, 0.15) is 0 Å². The van der Waals surface area contributed by atoms with Crippen LogP contribution >= 0.6 is 0 Å². The van der Waals surface area contributed by atoms with Gasteiger partial charge in [-0.15, -0.1) is 0 Å². The molecular weight excluding hydrogens is 310 g/mol. The smallest absolute Gasteiger partial charge is 0.130 e. The highest BCUT2D eigenvalue weighted by Crippen LogP contribution is 2.31. The fraction of sp³-hybridized carbons (Fsp3) is 0.0476. The van der Waals surface area contributed by atoms with Gasteiger partial charge < -0.3 is 9.30 Å². The van der Waals surface area contributed by atoms with Gasteiger partial charge in [-0.2, -0.15) is 0 Å². The van der Waals surface area contributed by atoms with Crippen LogP contribution in [0.2, 0.25) is 0 Å². The summed E-state index contributed by atoms with van der Waals surface area (Å²) in [4.78, 5) is 8.81. The van der Waals surface area contributed by atoms with Gasteiger partial charge in [0.15, 0.2) is 0 Å². The quantitative estimate of drug-likeness (QED) is 0.549. The molecule has 0 fully saturated rings. The van der Waals surface area contributed by atoms with Gasteiger partial charge in [0, 0.05) is 47.7 Å². The molecule has 0 spiro atoms. The molecule has 4 heteroatoms. The van der Waals surface area contributed by atoms with Gasteiger partial charge in [0.05, 0.1) is 18.5 Å². The molecule has 0 amide bonds. The molecule has 0 unspecified atom stereocenters. The summed E-state index contributed by atoms with van der Waals surface area (Å²) in [5, 5.41) is 0. The van der Waals surface area contributed by atoms with E-state index in [1.54, 1.807) is 19.5 Å². The minimum absolute atomic E-state index is 0.796. The number of rotatable bonds is 4. The fourth-order valence-corrected chi connectivity index (χ4v) is 2.82. The molecule has 122 valence electrons. The first kappa shape index (κ1) is 15.1. The van der Waals surface area contributed by atoms with Crippen LogP contribution in [0.5, 0.6) is 5.75 Å². The van der Waals surface area contributed by atoms with Crippen LogP contribution in [0.3, 0.4) is 0 Å². The molecule has 0 N–H and O–H groups in total. The number of benzene rings is 1. The highest BCUT2D eigenvalue weighted by Gasteiger charge is 2.09. The molecule has 0 aliphatic rings. The van der Waals surface area contributed by atoms with Crippen LogP contribution < -0.4 is 4.74 Å². The van der Waals surface area contributed by atoms with E-state index in [-0.39, 0.29) is 0 Å². The number of pyridine rings is 2. The van der Waals surface area contributed by atoms with Crippen LogP contribution in [-0.2, 0) is 0 Å².